The second kappa shape index (κ2) is 6.87. The van der Waals surface area contributed by atoms with Crippen molar-refractivity contribution in [3.63, 3.8) is 0 Å². The Hall–Kier alpha value is 0.394. The van der Waals surface area contributed by atoms with Crippen LogP contribution >= 0.6 is 0 Å². The van der Waals surface area contributed by atoms with Crippen LogP contribution in [-0.2, 0) is 4.12 Å². The predicted octanol–water partition coefficient (Wildman–Crippen LogP) is 5.01. The van der Waals surface area contributed by atoms with Crippen LogP contribution in [0, 0.1) is 0 Å². The van der Waals surface area contributed by atoms with Gasteiger partial charge in [0, 0.05) is 0 Å². The fourth-order valence-corrected chi connectivity index (χ4v) is 11.3. The summed E-state index contributed by atoms with van der Waals surface area (Å²) in [6.07, 6.45) is 5.33. The molecule has 0 aromatic rings. The summed E-state index contributed by atoms with van der Waals surface area (Å²) in [5, 5.41) is 0. The molecule has 3 heteroatoms. The zero-order valence-corrected chi connectivity index (χ0v) is 13.7. The van der Waals surface area contributed by atoms with E-state index < -0.39 is 16.6 Å². The summed E-state index contributed by atoms with van der Waals surface area (Å²) < 4.78 is 6.51. The van der Waals surface area contributed by atoms with Crippen LogP contribution in [0.1, 0.15) is 39.5 Å². The van der Waals surface area contributed by atoms with Crippen LogP contribution < -0.4 is 0 Å². The first kappa shape index (κ1) is 15.4. The second-order valence-electron chi connectivity index (χ2n) is 5.87. The molecule has 0 heterocycles. The third-order valence-corrected chi connectivity index (χ3v) is 9.91. The molecule has 0 amide bonds. The SMILES string of the molecule is CCCC[Si](C)(CCCC)O[Si](C)(C)C. The van der Waals surface area contributed by atoms with Gasteiger partial charge in [0.15, 0.2) is 16.6 Å². The van der Waals surface area contributed by atoms with Crippen molar-refractivity contribution in [1.82, 2.24) is 0 Å². The van der Waals surface area contributed by atoms with Crippen LogP contribution in [-0.4, -0.2) is 16.6 Å². The Kier molecular flexibility index (Phi) is 7.05. The number of rotatable bonds is 8. The van der Waals surface area contributed by atoms with Gasteiger partial charge < -0.3 is 4.12 Å². The lowest BCUT2D eigenvalue weighted by Crippen LogP contribution is -2.44. The van der Waals surface area contributed by atoms with E-state index in [9.17, 15) is 0 Å². The fourth-order valence-electron chi connectivity index (χ4n) is 2.07. The van der Waals surface area contributed by atoms with Gasteiger partial charge in [-0.15, -0.1) is 0 Å². The molecule has 1 nitrogen and oxygen atoms in total. The van der Waals surface area contributed by atoms with Crippen LogP contribution in [0.4, 0.5) is 0 Å². The molecule has 15 heavy (non-hydrogen) atoms. The molecule has 0 saturated heterocycles. The van der Waals surface area contributed by atoms with Gasteiger partial charge in [-0.05, 0) is 38.3 Å². The Morgan fingerprint density at radius 3 is 1.47 bits per heavy atom. The number of hydrogen-bond acceptors (Lipinski definition) is 1. The van der Waals surface area contributed by atoms with Gasteiger partial charge in [-0.1, -0.05) is 39.5 Å². The molecule has 0 saturated carbocycles. The molecular weight excluding hydrogens is 216 g/mol. The van der Waals surface area contributed by atoms with Crippen LogP contribution in [0.5, 0.6) is 0 Å². The predicted molar refractivity (Wildman–Crippen MR) is 75.5 cm³/mol. The number of hydrogen-bond donors (Lipinski definition) is 0. The molecule has 0 atom stereocenters. The van der Waals surface area contributed by atoms with Crippen LogP contribution in [0.3, 0.4) is 0 Å². The minimum atomic E-state index is -1.37. The minimum absolute atomic E-state index is 1.31. The van der Waals surface area contributed by atoms with Gasteiger partial charge in [0.1, 0.15) is 0 Å². The normalized spacial score (nSPS) is 13.2. The Balaban J connectivity index is 4.26. The van der Waals surface area contributed by atoms with Crippen LogP contribution in [0.25, 0.3) is 0 Å². The zero-order valence-electron chi connectivity index (χ0n) is 11.7. The van der Waals surface area contributed by atoms with E-state index in [1.54, 1.807) is 0 Å². The first-order valence-electron chi connectivity index (χ1n) is 6.53. The van der Waals surface area contributed by atoms with Crippen molar-refractivity contribution < 1.29 is 4.12 Å². The average molecular weight is 247 g/mol. The van der Waals surface area contributed by atoms with Crippen molar-refractivity contribution in [2.45, 2.75) is 77.8 Å². The quantitative estimate of drug-likeness (QED) is 0.547. The summed E-state index contributed by atoms with van der Waals surface area (Å²) in [7, 11) is -2.70. The molecule has 0 fully saturated rings. The van der Waals surface area contributed by atoms with E-state index in [-0.39, 0.29) is 0 Å². The van der Waals surface area contributed by atoms with E-state index in [0.717, 1.165) is 0 Å². The van der Waals surface area contributed by atoms with Crippen molar-refractivity contribution in [2.24, 2.45) is 0 Å². The van der Waals surface area contributed by atoms with Crippen LogP contribution in [0.15, 0.2) is 0 Å². The highest BCUT2D eigenvalue weighted by Gasteiger charge is 2.32. The highest BCUT2D eigenvalue weighted by Crippen LogP contribution is 2.26. The van der Waals surface area contributed by atoms with Gasteiger partial charge in [-0.3, -0.25) is 0 Å². The Morgan fingerprint density at radius 1 is 0.800 bits per heavy atom. The summed E-state index contributed by atoms with van der Waals surface area (Å²) in [5.41, 5.74) is 0. The molecule has 92 valence electrons. The monoisotopic (exact) mass is 246 g/mol. The Labute approximate surface area is 98.9 Å². The third-order valence-electron chi connectivity index (χ3n) is 2.67. The van der Waals surface area contributed by atoms with Gasteiger partial charge in [0.05, 0.1) is 0 Å². The second-order valence-corrected chi connectivity index (χ2v) is 14.8. The molecule has 0 aliphatic rings. The van der Waals surface area contributed by atoms with E-state index in [4.69, 9.17) is 4.12 Å². The molecule has 0 aliphatic carbocycles. The van der Waals surface area contributed by atoms with Crippen molar-refractivity contribution in [3.05, 3.63) is 0 Å². The van der Waals surface area contributed by atoms with Crippen LogP contribution in [0.2, 0.25) is 38.3 Å². The lowest BCUT2D eigenvalue weighted by molar-refractivity contribution is 0.526. The fraction of sp³-hybridized carbons (Fsp3) is 1.00. The summed E-state index contributed by atoms with van der Waals surface area (Å²) in [6, 6.07) is 2.74. The van der Waals surface area contributed by atoms with Gasteiger partial charge in [0.2, 0.25) is 0 Å². The molecule has 0 spiro atoms. The molecular formula is C12H30OSi2. The number of unbranched alkanes of at least 4 members (excludes halogenated alkanes) is 2. The van der Waals surface area contributed by atoms with Gasteiger partial charge >= 0.3 is 0 Å². The first-order chi connectivity index (χ1) is 6.83. The molecule has 0 aromatic carbocycles. The average Bonchev–Trinajstić information content (AvgIpc) is 2.09. The van der Waals surface area contributed by atoms with E-state index in [1.807, 2.05) is 0 Å². The van der Waals surface area contributed by atoms with E-state index in [2.05, 4.69) is 40.0 Å². The molecule has 0 radical (unpaired) electrons. The van der Waals surface area contributed by atoms with Gasteiger partial charge in [0.25, 0.3) is 0 Å². The molecule has 0 rings (SSSR count). The van der Waals surface area contributed by atoms with Gasteiger partial charge in [-0.2, -0.15) is 0 Å². The van der Waals surface area contributed by atoms with Gasteiger partial charge in [-0.25, -0.2) is 0 Å². The summed E-state index contributed by atoms with van der Waals surface area (Å²) in [5.74, 6) is 0. The van der Waals surface area contributed by atoms with E-state index in [0.29, 0.717) is 0 Å². The highest BCUT2D eigenvalue weighted by atomic mass is 28.4. The maximum Gasteiger partial charge on any atom is 0.176 e. The highest BCUT2D eigenvalue weighted by molar-refractivity contribution is 6.84. The zero-order chi connectivity index (χ0) is 11.9. The summed E-state index contributed by atoms with van der Waals surface area (Å²) >= 11 is 0. The molecule has 0 aromatic heterocycles. The maximum absolute atomic E-state index is 6.51. The molecule has 0 N–H and O–H groups in total. The van der Waals surface area contributed by atoms with E-state index in [1.165, 1.54) is 37.8 Å². The third kappa shape index (κ3) is 8.23. The molecule has 0 aliphatic heterocycles. The topological polar surface area (TPSA) is 9.23 Å². The Bertz CT molecular complexity index is 155. The molecule has 0 unspecified atom stereocenters. The van der Waals surface area contributed by atoms with Crippen molar-refractivity contribution in [3.8, 4) is 0 Å². The van der Waals surface area contributed by atoms with Crippen molar-refractivity contribution >= 4 is 16.6 Å². The van der Waals surface area contributed by atoms with Crippen molar-refractivity contribution in [2.75, 3.05) is 0 Å². The lowest BCUT2D eigenvalue weighted by Gasteiger charge is -2.34. The first-order valence-corrected chi connectivity index (χ1v) is 12.8. The maximum atomic E-state index is 6.51. The van der Waals surface area contributed by atoms with E-state index >= 15 is 0 Å². The molecule has 0 bridgehead atoms. The summed E-state index contributed by atoms with van der Waals surface area (Å²) in [4.78, 5) is 0. The van der Waals surface area contributed by atoms with Crippen molar-refractivity contribution in [1.29, 1.82) is 0 Å². The Morgan fingerprint density at radius 2 is 1.20 bits per heavy atom. The standard InChI is InChI=1S/C12H30OSi2/c1-7-9-11-15(6,12-10-8-2)13-14(3,4)5/h7-12H2,1-6H3. The lowest BCUT2D eigenvalue weighted by atomic mass is 10.4. The largest absolute Gasteiger partial charge is 0.456 e. The smallest absolute Gasteiger partial charge is 0.176 e. The summed E-state index contributed by atoms with van der Waals surface area (Å²) in [6.45, 7) is 14.0. The minimum Gasteiger partial charge on any atom is -0.456 e.